The quantitative estimate of drug-likeness (QED) is 0.175. The van der Waals surface area contributed by atoms with Gasteiger partial charge >= 0.3 is 0 Å². The van der Waals surface area contributed by atoms with Crippen LogP contribution in [-0.2, 0) is 5.41 Å². The molecule has 0 aromatic heterocycles. The standard InChI is InChI=1S/C49H35N/c1-4-18-36(19-5-1)37-32-34-40(35-33-37)50(39-22-8-3-9-23-39)48-31-17-16-30-47(48)49(38-20-6-2-7-21-38)45-28-14-12-26-43(45)41-24-10-11-25-42(41)44-27-13-15-29-46(44)49/h1-35H. The lowest BCUT2D eigenvalue weighted by Crippen LogP contribution is -2.33. The Morgan fingerprint density at radius 2 is 0.680 bits per heavy atom. The largest absolute Gasteiger partial charge is 0.310 e. The maximum Gasteiger partial charge on any atom is 0.0733 e. The Balaban J connectivity index is 1.38. The number of rotatable bonds is 6. The van der Waals surface area contributed by atoms with Gasteiger partial charge in [-0.1, -0.05) is 182 Å². The normalized spacial score (nSPS) is 12.6. The van der Waals surface area contributed by atoms with Gasteiger partial charge in [-0.2, -0.15) is 0 Å². The third kappa shape index (κ3) is 4.78. The number of fused-ring (bicyclic) bond motifs is 5. The molecule has 0 saturated carbocycles. The van der Waals surface area contributed by atoms with E-state index in [1.807, 2.05) is 0 Å². The van der Waals surface area contributed by atoms with Gasteiger partial charge in [-0.25, -0.2) is 0 Å². The van der Waals surface area contributed by atoms with Crippen LogP contribution in [0.3, 0.4) is 0 Å². The maximum atomic E-state index is 2.43. The third-order valence-corrected chi connectivity index (χ3v) is 10.2. The van der Waals surface area contributed by atoms with Crippen molar-refractivity contribution < 1.29 is 0 Å². The molecule has 0 aliphatic heterocycles. The summed E-state index contributed by atoms with van der Waals surface area (Å²) in [5.74, 6) is 0. The molecule has 1 heteroatoms. The fraction of sp³-hybridized carbons (Fsp3) is 0.0204. The Morgan fingerprint density at radius 3 is 1.26 bits per heavy atom. The highest BCUT2D eigenvalue weighted by Crippen LogP contribution is 2.57. The summed E-state index contributed by atoms with van der Waals surface area (Å²) in [6.07, 6.45) is 0. The first-order valence-corrected chi connectivity index (χ1v) is 17.3. The minimum atomic E-state index is -0.652. The molecule has 0 heterocycles. The van der Waals surface area contributed by atoms with Gasteiger partial charge in [-0.3, -0.25) is 0 Å². The molecule has 8 aromatic rings. The van der Waals surface area contributed by atoms with Crippen LogP contribution in [0, 0.1) is 0 Å². The van der Waals surface area contributed by atoms with Crippen LogP contribution < -0.4 is 4.90 Å². The van der Waals surface area contributed by atoms with Crippen molar-refractivity contribution in [2.75, 3.05) is 4.90 Å². The molecule has 0 N–H and O–H groups in total. The van der Waals surface area contributed by atoms with Gasteiger partial charge in [0.1, 0.15) is 0 Å². The number of anilines is 3. The second kappa shape index (κ2) is 12.5. The van der Waals surface area contributed by atoms with E-state index in [2.05, 4.69) is 217 Å². The summed E-state index contributed by atoms with van der Waals surface area (Å²) in [5, 5.41) is 0. The van der Waals surface area contributed by atoms with Crippen molar-refractivity contribution in [3.63, 3.8) is 0 Å². The molecule has 0 radical (unpaired) electrons. The van der Waals surface area contributed by atoms with Gasteiger partial charge in [-0.15, -0.1) is 0 Å². The molecule has 236 valence electrons. The van der Waals surface area contributed by atoms with E-state index < -0.39 is 5.41 Å². The number of benzene rings is 8. The van der Waals surface area contributed by atoms with Gasteiger partial charge < -0.3 is 4.90 Å². The summed E-state index contributed by atoms with van der Waals surface area (Å²) < 4.78 is 0. The first-order valence-electron chi connectivity index (χ1n) is 17.3. The van der Waals surface area contributed by atoms with E-state index in [0.717, 1.165) is 17.1 Å². The number of hydrogen-bond acceptors (Lipinski definition) is 1. The predicted molar refractivity (Wildman–Crippen MR) is 209 cm³/mol. The Bertz CT molecular complexity index is 2350. The highest BCUT2D eigenvalue weighted by atomic mass is 15.1. The smallest absolute Gasteiger partial charge is 0.0733 e. The van der Waals surface area contributed by atoms with Crippen molar-refractivity contribution in [3.05, 3.63) is 235 Å². The molecule has 1 aliphatic rings. The topological polar surface area (TPSA) is 3.24 Å². The fourth-order valence-corrected chi connectivity index (χ4v) is 8.06. The molecule has 1 nitrogen and oxygen atoms in total. The zero-order valence-corrected chi connectivity index (χ0v) is 27.7. The first kappa shape index (κ1) is 29.7. The van der Waals surface area contributed by atoms with Crippen molar-refractivity contribution in [2.24, 2.45) is 0 Å². The van der Waals surface area contributed by atoms with E-state index in [1.165, 1.54) is 55.6 Å². The molecule has 0 unspecified atom stereocenters. The summed E-state index contributed by atoms with van der Waals surface area (Å²) in [6, 6.07) is 77.4. The zero-order valence-electron chi connectivity index (χ0n) is 27.7. The molecule has 0 spiro atoms. The van der Waals surface area contributed by atoms with E-state index in [-0.39, 0.29) is 0 Å². The maximum absolute atomic E-state index is 2.43. The molecule has 9 rings (SSSR count). The third-order valence-electron chi connectivity index (χ3n) is 10.2. The molecular formula is C49H35N. The van der Waals surface area contributed by atoms with Gasteiger partial charge in [0.2, 0.25) is 0 Å². The van der Waals surface area contributed by atoms with Crippen molar-refractivity contribution in [3.8, 4) is 33.4 Å². The lowest BCUT2D eigenvalue weighted by Gasteiger charge is -2.41. The van der Waals surface area contributed by atoms with Crippen LogP contribution in [0.1, 0.15) is 22.3 Å². The average Bonchev–Trinajstić information content (AvgIpc) is 3.31. The van der Waals surface area contributed by atoms with Crippen molar-refractivity contribution in [1.29, 1.82) is 0 Å². The minimum Gasteiger partial charge on any atom is -0.310 e. The molecule has 0 bridgehead atoms. The van der Waals surface area contributed by atoms with Crippen molar-refractivity contribution in [1.82, 2.24) is 0 Å². The molecular weight excluding hydrogens is 603 g/mol. The van der Waals surface area contributed by atoms with Crippen LogP contribution >= 0.6 is 0 Å². The van der Waals surface area contributed by atoms with Crippen molar-refractivity contribution in [2.45, 2.75) is 5.41 Å². The van der Waals surface area contributed by atoms with E-state index in [0.29, 0.717) is 0 Å². The molecule has 1 aliphatic carbocycles. The average molecular weight is 638 g/mol. The van der Waals surface area contributed by atoms with Crippen LogP contribution in [0.25, 0.3) is 33.4 Å². The summed E-state index contributed by atoms with van der Waals surface area (Å²) in [4.78, 5) is 2.43. The van der Waals surface area contributed by atoms with Gasteiger partial charge in [0.15, 0.2) is 0 Å². The molecule has 8 aromatic carbocycles. The van der Waals surface area contributed by atoms with E-state index >= 15 is 0 Å². The molecule has 0 atom stereocenters. The lowest BCUT2D eigenvalue weighted by molar-refractivity contribution is 0.751. The summed E-state index contributed by atoms with van der Waals surface area (Å²) in [7, 11) is 0. The predicted octanol–water partition coefficient (Wildman–Crippen LogP) is 12.9. The van der Waals surface area contributed by atoms with Crippen LogP contribution in [0.2, 0.25) is 0 Å². The summed E-state index contributed by atoms with van der Waals surface area (Å²) >= 11 is 0. The van der Waals surface area contributed by atoms with E-state index in [9.17, 15) is 0 Å². The van der Waals surface area contributed by atoms with Crippen molar-refractivity contribution >= 4 is 17.1 Å². The highest BCUT2D eigenvalue weighted by molar-refractivity contribution is 5.94. The Kier molecular flexibility index (Phi) is 7.44. The number of hydrogen-bond donors (Lipinski definition) is 0. The monoisotopic (exact) mass is 637 g/mol. The Labute approximate surface area is 294 Å². The Hall–Kier alpha value is -6.44. The molecule has 0 fully saturated rings. The van der Waals surface area contributed by atoms with Gasteiger partial charge in [0, 0.05) is 11.4 Å². The second-order valence-corrected chi connectivity index (χ2v) is 12.9. The first-order chi connectivity index (χ1) is 24.8. The van der Waals surface area contributed by atoms with Gasteiger partial charge in [0.05, 0.1) is 11.1 Å². The summed E-state index contributed by atoms with van der Waals surface area (Å²) in [5.41, 5.74) is 15.1. The highest BCUT2D eigenvalue weighted by Gasteiger charge is 2.45. The van der Waals surface area contributed by atoms with Crippen LogP contribution in [0.15, 0.2) is 212 Å². The molecule has 50 heavy (non-hydrogen) atoms. The molecule has 0 saturated heterocycles. The van der Waals surface area contributed by atoms with Gasteiger partial charge in [-0.05, 0) is 86.0 Å². The lowest BCUT2D eigenvalue weighted by atomic mass is 9.63. The van der Waals surface area contributed by atoms with E-state index in [1.54, 1.807) is 0 Å². The fourth-order valence-electron chi connectivity index (χ4n) is 8.06. The Morgan fingerprint density at radius 1 is 0.280 bits per heavy atom. The number of nitrogens with zero attached hydrogens (tertiary/aromatic N) is 1. The van der Waals surface area contributed by atoms with Crippen LogP contribution in [0.5, 0.6) is 0 Å². The van der Waals surface area contributed by atoms with Crippen LogP contribution in [0.4, 0.5) is 17.1 Å². The zero-order chi connectivity index (χ0) is 33.3. The second-order valence-electron chi connectivity index (χ2n) is 12.9. The SMILES string of the molecule is c1ccc(-c2ccc(N(c3ccccc3)c3ccccc3C3(c4ccccc4)c4ccccc4-c4ccccc4-c4ccccc43)cc2)cc1. The van der Waals surface area contributed by atoms with Crippen LogP contribution in [-0.4, -0.2) is 0 Å². The van der Waals surface area contributed by atoms with Gasteiger partial charge in [0.25, 0.3) is 0 Å². The number of para-hydroxylation sites is 2. The summed E-state index contributed by atoms with van der Waals surface area (Å²) in [6.45, 7) is 0. The minimum absolute atomic E-state index is 0.652. The molecule has 0 amide bonds. The van der Waals surface area contributed by atoms with E-state index in [4.69, 9.17) is 0 Å².